The number of benzene rings is 1. The quantitative estimate of drug-likeness (QED) is 0.332. The van der Waals surface area contributed by atoms with E-state index >= 15 is 0 Å². The molecule has 0 aliphatic carbocycles. The van der Waals surface area contributed by atoms with E-state index in [-0.39, 0.29) is 12.5 Å². The Morgan fingerprint density at radius 2 is 2.15 bits per heavy atom. The molecule has 70 valence electrons. The van der Waals surface area contributed by atoms with Gasteiger partial charge in [-0.2, -0.15) is 0 Å². The molecule has 0 heterocycles. The van der Waals surface area contributed by atoms with Gasteiger partial charge in [-0.3, -0.25) is 10.2 Å². The molecule has 13 heavy (non-hydrogen) atoms. The highest BCUT2D eigenvalue weighted by Gasteiger charge is 2.00. The zero-order valence-corrected chi connectivity index (χ0v) is 9.04. The van der Waals surface area contributed by atoms with E-state index in [1.54, 1.807) is 0 Å². The molecule has 0 spiro atoms. The highest BCUT2D eigenvalue weighted by atomic mass is 127. The smallest absolute Gasteiger partial charge is 0.253 e. The summed E-state index contributed by atoms with van der Waals surface area (Å²) in [6.07, 6.45) is 0. The van der Waals surface area contributed by atoms with Crippen molar-refractivity contribution >= 4 is 34.2 Å². The SMILES string of the molecule is NNC(=O)CNc1ccccc1I. The van der Waals surface area contributed by atoms with E-state index in [1.807, 2.05) is 24.3 Å². The molecule has 1 aromatic carbocycles. The van der Waals surface area contributed by atoms with Crippen LogP contribution in [0.2, 0.25) is 0 Å². The van der Waals surface area contributed by atoms with Crippen molar-refractivity contribution in [3.63, 3.8) is 0 Å². The molecule has 0 aliphatic heterocycles. The van der Waals surface area contributed by atoms with E-state index in [0.717, 1.165) is 9.26 Å². The first-order chi connectivity index (χ1) is 6.24. The standard InChI is InChI=1S/C8H10IN3O/c9-6-3-1-2-4-7(6)11-5-8(13)12-10/h1-4,11H,5,10H2,(H,12,13). The third-order valence-corrected chi connectivity index (χ3v) is 2.41. The van der Waals surface area contributed by atoms with E-state index in [0.29, 0.717) is 0 Å². The maximum atomic E-state index is 10.8. The summed E-state index contributed by atoms with van der Waals surface area (Å²) in [5, 5.41) is 2.96. The molecule has 0 fully saturated rings. The van der Waals surface area contributed by atoms with Gasteiger partial charge in [-0.15, -0.1) is 0 Å². The largest absolute Gasteiger partial charge is 0.375 e. The topological polar surface area (TPSA) is 67.1 Å². The van der Waals surface area contributed by atoms with Crippen LogP contribution in [0.25, 0.3) is 0 Å². The van der Waals surface area contributed by atoms with Gasteiger partial charge in [0.1, 0.15) is 0 Å². The maximum absolute atomic E-state index is 10.8. The van der Waals surface area contributed by atoms with Crippen LogP contribution in [0.3, 0.4) is 0 Å². The lowest BCUT2D eigenvalue weighted by atomic mass is 10.3. The first-order valence-corrected chi connectivity index (χ1v) is 4.79. The van der Waals surface area contributed by atoms with Crippen molar-refractivity contribution in [3.05, 3.63) is 27.8 Å². The monoisotopic (exact) mass is 291 g/mol. The van der Waals surface area contributed by atoms with Gasteiger partial charge in [-0.05, 0) is 34.7 Å². The van der Waals surface area contributed by atoms with E-state index in [4.69, 9.17) is 5.84 Å². The van der Waals surface area contributed by atoms with Gasteiger partial charge in [-0.25, -0.2) is 5.84 Å². The van der Waals surface area contributed by atoms with Crippen LogP contribution in [-0.4, -0.2) is 12.5 Å². The van der Waals surface area contributed by atoms with Crippen LogP contribution in [-0.2, 0) is 4.79 Å². The molecule has 0 atom stereocenters. The Morgan fingerprint density at radius 3 is 2.77 bits per heavy atom. The number of carbonyl (C=O) groups is 1. The second-order valence-corrected chi connectivity index (χ2v) is 3.56. The fraction of sp³-hybridized carbons (Fsp3) is 0.125. The first kappa shape index (κ1) is 10.3. The van der Waals surface area contributed by atoms with Gasteiger partial charge in [0.2, 0.25) is 0 Å². The number of hydrazine groups is 1. The van der Waals surface area contributed by atoms with Gasteiger partial charge in [0.15, 0.2) is 0 Å². The molecule has 0 aliphatic rings. The molecule has 1 amide bonds. The van der Waals surface area contributed by atoms with Crippen LogP contribution in [0.15, 0.2) is 24.3 Å². The number of nitrogens with two attached hydrogens (primary N) is 1. The number of anilines is 1. The molecule has 0 radical (unpaired) electrons. The summed E-state index contributed by atoms with van der Waals surface area (Å²) in [4.78, 5) is 10.8. The predicted octanol–water partition coefficient (Wildman–Crippen LogP) is 0.693. The fourth-order valence-corrected chi connectivity index (χ4v) is 1.41. The Kier molecular flexibility index (Phi) is 3.97. The minimum Gasteiger partial charge on any atom is -0.375 e. The number of rotatable bonds is 3. The molecule has 0 saturated carbocycles. The Labute approximate surface area is 90.0 Å². The number of hydrogen-bond donors (Lipinski definition) is 3. The second kappa shape index (κ2) is 5.03. The van der Waals surface area contributed by atoms with Crippen molar-refractivity contribution in [2.75, 3.05) is 11.9 Å². The molecule has 5 heteroatoms. The summed E-state index contributed by atoms with van der Waals surface area (Å²) in [5.74, 6) is 4.70. The molecule has 0 saturated heterocycles. The number of amides is 1. The van der Waals surface area contributed by atoms with Crippen LogP contribution >= 0.6 is 22.6 Å². The lowest BCUT2D eigenvalue weighted by Gasteiger charge is -2.06. The average Bonchev–Trinajstić information content (AvgIpc) is 2.16. The Morgan fingerprint density at radius 1 is 1.46 bits per heavy atom. The summed E-state index contributed by atoms with van der Waals surface area (Å²) >= 11 is 2.19. The number of nitrogens with one attached hydrogen (secondary N) is 2. The highest BCUT2D eigenvalue weighted by Crippen LogP contribution is 2.16. The fourth-order valence-electron chi connectivity index (χ4n) is 0.831. The van der Waals surface area contributed by atoms with Crippen molar-refractivity contribution in [2.45, 2.75) is 0 Å². The molecular formula is C8H10IN3O. The molecule has 0 unspecified atom stereocenters. The van der Waals surface area contributed by atoms with E-state index < -0.39 is 0 Å². The molecule has 4 nitrogen and oxygen atoms in total. The van der Waals surface area contributed by atoms with Crippen LogP contribution in [0.1, 0.15) is 0 Å². The van der Waals surface area contributed by atoms with Crippen molar-refractivity contribution < 1.29 is 4.79 Å². The average molecular weight is 291 g/mol. The van der Waals surface area contributed by atoms with Crippen molar-refractivity contribution in [1.82, 2.24) is 5.43 Å². The molecular weight excluding hydrogens is 281 g/mol. The van der Waals surface area contributed by atoms with Crippen molar-refractivity contribution in [2.24, 2.45) is 5.84 Å². The Balaban J connectivity index is 2.54. The van der Waals surface area contributed by atoms with Crippen LogP contribution in [0.5, 0.6) is 0 Å². The third kappa shape index (κ3) is 3.19. The summed E-state index contributed by atoms with van der Waals surface area (Å²) in [5.41, 5.74) is 2.99. The van der Waals surface area contributed by atoms with Crippen molar-refractivity contribution in [1.29, 1.82) is 0 Å². The van der Waals surface area contributed by atoms with Gasteiger partial charge in [0, 0.05) is 9.26 Å². The van der Waals surface area contributed by atoms with Gasteiger partial charge in [0.05, 0.1) is 6.54 Å². The third-order valence-electron chi connectivity index (χ3n) is 1.47. The number of carbonyl (C=O) groups excluding carboxylic acids is 1. The Bertz CT molecular complexity index is 303. The minimum atomic E-state index is -0.236. The zero-order chi connectivity index (χ0) is 9.68. The maximum Gasteiger partial charge on any atom is 0.253 e. The summed E-state index contributed by atoms with van der Waals surface area (Å²) in [6, 6.07) is 7.72. The predicted molar refractivity (Wildman–Crippen MR) is 60.0 cm³/mol. The molecule has 0 aromatic heterocycles. The molecule has 4 N–H and O–H groups in total. The summed E-state index contributed by atoms with van der Waals surface area (Å²) in [7, 11) is 0. The van der Waals surface area contributed by atoms with Crippen LogP contribution < -0.4 is 16.6 Å². The number of para-hydroxylation sites is 1. The molecule has 0 bridgehead atoms. The zero-order valence-electron chi connectivity index (χ0n) is 6.88. The molecule has 1 aromatic rings. The van der Waals surface area contributed by atoms with Gasteiger partial charge in [-0.1, -0.05) is 12.1 Å². The number of hydrogen-bond acceptors (Lipinski definition) is 3. The summed E-state index contributed by atoms with van der Waals surface area (Å²) < 4.78 is 1.07. The van der Waals surface area contributed by atoms with Crippen LogP contribution in [0.4, 0.5) is 5.69 Å². The lowest BCUT2D eigenvalue weighted by molar-refractivity contribution is -0.119. The van der Waals surface area contributed by atoms with E-state index in [1.165, 1.54) is 0 Å². The minimum absolute atomic E-state index is 0.191. The number of halogens is 1. The summed E-state index contributed by atoms with van der Waals surface area (Å²) in [6.45, 7) is 0.191. The van der Waals surface area contributed by atoms with Gasteiger partial charge >= 0.3 is 0 Å². The van der Waals surface area contributed by atoms with E-state index in [2.05, 4.69) is 33.3 Å². The van der Waals surface area contributed by atoms with Crippen molar-refractivity contribution in [3.8, 4) is 0 Å². The van der Waals surface area contributed by atoms with Gasteiger partial charge in [0.25, 0.3) is 5.91 Å². The van der Waals surface area contributed by atoms with E-state index in [9.17, 15) is 4.79 Å². The lowest BCUT2D eigenvalue weighted by Crippen LogP contribution is -2.35. The normalized spacial score (nSPS) is 9.38. The highest BCUT2D eigenvalue weighted by molar-refractivity contribution is 14.1. The Hall–Kier alpha value is -0.820. The molecule has 1 rings (SSSR count). The van der Waals surface area contributed by atoms with Crippen LogP contribution in [0, 0.1) is 3.57 Å². The first-order valence-electron chi connectivity index (χ1n) is 3.72. The second-order valence-electron chi connectivity index (χ2n) is 2.40. The van der Waals surface area contributed by atoms with Gasteiger partial charge < -0.3 is 5.32 Å².